The van der Waals surface area contributed by atoms with Gasteiger partial charge in [-0.1, -0.05) is 38.4 Å². The molecule has 1 aromatic carbocycles. The Kier molecular flexibility index (Phi) is 4.44. The predicted molar refractivity (Wildman–Crippen MR) is 112 cm³/mol. The van der Waals surface area contributed by atoms with Crippen molar-refractivity contribution in [3.8, 4) is 0 Å². The lowest BCUT2D eigenvalue weighted by atomic mass is 9.72. The van der Waals surface area contributed by atoms with Gasteiger partial charge in [0.15, 0.2) is 0 Å². The molecule has 0 aliphatic heterocycles. The summed E-state index contributed by atoms with van der Waals surface area (Å²) in [5.41, 5.74) is 3.94. The molecule has 5 heteroatoms. The highest BCUT2D eigenvalue weighted by molar-refractivity contribution is 7.19. The number of hydrogen-bond donors (Lipinski definition) is 1. The van der Waals surface area contributed by atoms with Crippen LogP contribution in [0.15, 0.2) is 24.5 Å². The van der Waals surface area contributed by atoms with Gasteiger partial charge in [-0.15, -0.1) is 11.3 Å². The van der Waals surface area contributed by atoms with E-state index in [1.165, 1.54) is 22.2 Å². The third-order valence-corrected chi connectivity index (χ3v) is 6.92. The van der Waals surface area contributed by atoms with Gasteiger partial charge >= 0.3 is 0 Å². The van der Waals surface area contributed by atoms with Crippen molar-refractivity contribution in [3.63, 3.8) is 0 Å². The van der Waals surface area contributed by atoms with Gasteiger partial charge in [0.05, 0.1) is 5.39 Å². The highest BCUT2D eigenvalue weighted by atomic mass is 35.5. The Morgan fingerprint density at radius 1 is 1.23 bits per heavy atom. The predicted octanol–water partition coefficient (Wildman–Crippen LogP) is 6.55. The topological polar surface area (TPSA) is 37.8 Å². The molecule has 3 nitrogen and oxygen atoms in total. The standard InChI is InChI=1S/C21H24ClN3S/c1-12-5-7-14(22)10-16(12)25-19-18-15-8-6-13(21(2,3)4)9-17(15)26-20(18)24-11-23-19/h5,7,10-11,13H,6,8-9H2,1-4H3,(H,23,24,25). The molecule has 1 atom stereocenters. The minimum Gasteiger partial charge on any atom is -0.339 e. The second-order valence-corrected chi connectivity index (χ2v) is 9.82. The third kappa shape index (κ3) is 3.21. The minimum atomic E-state index is 0.346. The summed E-state index contributed by atoms with van der Waals surface area (Å²) < 4.78 is 0. The maximum absolute atomic E-state index is 6.18. The lowest BCUT2D eigenvalue weighted by Gasteiger charge is -2.33. The number of fused-ring (bicyclic) bond motifs is 3. The van der Waals surface area contributed by atoms with Gasteiger partial charge in [-0.2, -0.15) is 0 Å². The second kappa shape index (κ2) is 6.50. The van der Waals surface area contributed by atoms with E-state index in [1.54, 1.807) is 6.33 Å². The Balaban J connectivity index is 1.76. The van der Waals surface area contributed by atoms with Crippen molar-refractivity contribution in [3.05, 3.63) is 45.6 Å². The number of aromatic nitrogens is 2. The summed E-state index contributed by atoms with van der Waals surface area (Å²) >= 11 is 8.02. The van der Waals surface area contributed by atoms with E-state index in [1.807, 2.05) is 29.5 Å². The largest absolute Gasteiger partial charge is 0.339 e. The molecule has 0 bridgehead atoms. The van der Waals surface area contributed by atoms with Crippen LogP contribution in [0.5, 0.6) is 0 Å². The van der Waals surface area contributed by atoms with Crippen molar-refractivity contribution in [1.29, 1.82) is 0 Å². The molecule has 0 amide bonds. The first-order valence-corrected chi connectivity index (χ1v) is 10.3. The average Bonchev–Trinajstić information content (AvgIpc) is 2.96. The molecule has 0 saturated carbocycles. The van der Waals surface area contributed by atoms with Gasteiger partial charge in [-0.05, 0) is 60.8 Å². The Morgan fingerprint density at radius 3 is 2.81 bits per heavy atom. The van der Waals surface area contributed by atoms with Crippen LogP contribution >= 0.6 is 22.9 Å². The number of nitrogens with one attached hydrogen (secondary N) is 1. The lowest BCUT2D eigenvalue weighted by Crippen LogP contribution is -2.26. The maximum atomic E-state index is 6.18. The molecular formula is C21H24ClN3S. The van der Waals surface area contributed by atoms with E-state index in [2.05, 4.69) is 43.0 Å². The van der Waals surface area contributed by atoms with Crippen LogP contribution < -0.4 is 5.32 Å². The zero-order valence-corrected chi connectivity index (χ0v) is 17.3. The SMILES string of the molecule is Cc1ccc(Cl)cc1Nc1ncnc2sc3c(c12)CCC(C(C)(C)C)C3. The molecular weight excluding hydrogens is 362 g/mol. The Hall–Kier alpha value is -1.65. The van der Waals surface area contributed by atoms with Crippen LogP contribution in [0.4, 0.5) is 11.5 Å². The zero-order chi connectivity index (χ0) is 18.5. The van der Waals surface area contributed by atoms with Gasteiger partial charge in [0.2, 0.25) is 0 Å². The quantitative estimate of drug-likeness (QED) is 0.543. The molecule has 1 aliphatic carbocycles. The molecule has 0 fully saturated rings. The fraction of sp³-hybridized carbons (Fsp3) is 0.429. The van der Waals surface area contributed by atoms with Crippen LogP contribution in [0.1, 0.15) is 43.2 Å². The first kappa shape index (κ1) is 17.7. The Labute approximate surface area is 163 Å². The van der Waals surface area contributed by atoms with E-state index in [0.717, 1.165) is 45.7 Å². The van der Waals surface area contributed by atoms with Crippen molar-refractivity contribution in [2.45, 2.75) is 47.0 Å². The van der Waals surface area contributed by atoms with Gasteiger partial charge in [0.1, 0.15) is 17.0 Å². The first-order chi connectivity index (χ1) is 12.3. The Bertz CT molecular complexity index is 971. The number of halogens is 1. The summed E-state index contributed by atoms with van der Waals surface area (Å²) in [6.07, 6.45) is 5.14. The summed E-state index contributed by atoms with van der Waals surface area (Å²) in [4.78, 5) is 11.7. The molecule has 1 N–H and O–H groups in total. The lowest BCUT2D eigenvalue weighted by molar-refractivity contribution is 0.218. The van der Waals surface area contributed by atoms with Gasteiger partial charge in [0, 0.05) is 15.6 Å². The third-order valence-electron chi connectivity index (χ3n) is 5.52. The molecule has 1 aliphatic rings. The maximum Gasteiger partial charge on any atom is 0.142 e. The molecule has 2 heterocycles. The number of benzene rings is 1. The van der Waals surface area contributed by atoms with Crippen LogP contribution in [0.25, 0.3) is 10.2 Å². The van der Waals surface area contributed by atoms with E-state index in [4.69, 9.17) is 11.6 Å². The summed E-state index contributed by atoms with van der Waals surface area (Å²) in [6.45, 7) is 9.13. The highest BCUT2D eigenvalue weighted by Crippen LogP contribution is 2.44. The van der Waals surface area contributed by atoms with Crippen LogP contribution in [0, 0.1) is 18.3 Å². The monoisotopic (exact) mass is 385 g/mol. The second-order valence-electron chi connectivity index (χ2n) is 8.30. The average molecular weight is 386 g/mol. The van der Waals surface area contributed by atoms with Crippen LogP contribution in [-0.4, -0.2) is 9.97 Å². The fourth-order valence-corrected chi connectivity index (χ4v) is 5.24. The Morgan fingerprint density at radius 2 is 2.04 bits per heavy atom. The summed E-state index contributed by atoms with van der Waals surface area (Å²) in [5, 5.41) is 5.42. The van der Waals surface area contributed by atoms with Crippen molar-refractivity contribution >= 4 is 44.7 Å². The van der Waals surface area contributed by atoms with Crippen LogP contribution in [-0.2, 0) is 12.8 Å². The molecule has 0 spiro atoms. The van der Waals surface area contributed by atoms with Crippen molar-refractivity contribution < 1.29 is 0 Å². The number of thiophene rings is 1. The molecule has 136 valence electrons. The van der Waals surface area contributed by atoms with Crippen molar-refractivity contribution in [2.24, 2.45) is 11.3 Å². The van der Waals surface area contributed by atoms with E-state index in [0.29, 0.717) is 5.41 Å². The summed E-state index contributed by atoms with van der Waals surface area (Å²) in [6, 6.07) is 5.90. The molecule has 4 rings (SSSR count). The highest BCUT2D eigenvalue weighted by Gasteiger charge is 2.31. The number of rotatable bonds is 2. The van der Waals surface area contributed by atoms with E-state index in [-0.39, 0.29) is 0 Å². The number of hydrogen-bond acceptors (Lipinski definition) is 4. The first-order valence-electron chi connectivity index (χ1n) is 9.11. The molecule has 2 aromatic heterocycles. The van der Waals surface area contributed by atoms with E-state index < -0.39 is 0 Å². The van der Waals surface area contributed by atoms with Crippen molar-refractivity contribution in [2.75, 3.05) is 5.32 Å². The van der Waals surface area contributed by atoms with E-state index >= 15 is 0 Å². The molecule has 1 unspecified atom stereocenters. The normalized spacial score (nSPS) is 17.3. The van der Waals surface area contributed by atoms with Gasteiger partial charge in [0.25, 0.3) is 0 Å². The molecule has 3 aromatic rings. The number of nitrogens with zero attached hydrogens (tertiary/aromatic N) is 2. The number of aryl methyl sites for hydroxylation is 2. The fourth-order valence-electron chi connectivity index (χ4n) is 3.80. The van der Waals surface area contributed by atoms with Crippen LogP contribution in [0.3, 0.4) is 0 Å². The summed E-state index contributed by atoms with van der Waals surface area (Å²) in [5.74, 6) is 1.62. The van der Waals surface area contributed by atoms with Gasteiger partial charge in [-0.25, -0.2) is 9.97 Å². The van der Waals surface area contributed by atoms with Crippen LogP contribution in [0.2, 0.25) is 5.02 Å². The van der Waals surface area contributed by atoms with Gasteiger partial charge in [-0.3, -0.25) is 0 Å². The van der Waals surface area contributed by atoms with E-state index in [9.17, 15) is 0 Å². The molecule has 26 heavy (non-hydrogen) atoms. The molecule has 0 radical (unpaired) electrons. The summed E-state index contributed by atoms with van der Waals surface area (Å²) in [7, 11) is 0. The number of anilines is 2. The molecule has 0 saturated heterocycles. The zero-order valence-electron chi connectivity index (χ0n) is 15.7. The minimum absolute atomic E-state index is 0.346. The van der Waals surface area contributed by atoms with Crippen molar-refractivity contribution in [1.82, 2.24) is 9.97 Å². The van der Waals surface area contributed by atoms with Gasteiger partial charge < -0.3 is 5.32 Å². The smallest absolute Gasteiger partial charge is 0.142 e.